The third-order valence-electron chi connectivity index (χ3n) is 0. The van der Waals surface area contributed by atoms with Gasteiger partial charge in [-0.05, 0) is 0 Å². The van der Waals surface area contributed by atoms with E-state index < -0.39 is 5.09 Å². The van der Waals surface area contributed by atoms with Crippen molar-refractivity contribution in [1.29, 1.82) is 0 Å². The third kappa shape index (κ3) is 24500. The van der Waals surface area contributed by atoms with Crippen LogP contribution < -0.4 is 29.6 Å². The van der Waals surface area contributed by atoms with Gasteiger partial charge in [0.2, 0.25) is 0 Å². The molecule has 0 aromatic carbocycles. The van der Waals surface area contributed by atoms with Gasteiger partial charge >= 0.3 is 29.6 Å². The van der Waals surface area contributed by atoms with Crippen LogP contribution in [0.3, 0.4) is 0 Å². The molecule has 7 nitrogen and oxygen atoms in total. The number of hydrogen-bond donors (Lipinski definition) is 0. The van der Waals surface area contributed by atoms with E-state index >= 15 is 0 Å². The minimum Gasteiger partial charge on any atom is -0.412 e. The fourth-order valence-electron chi connectivity index (χ4n) is 0. The fourth-order valence-corrected chi connectivity index (χ4v) is 0. The summed E-state index contributed by atoms with van der Waals surface area (Å²) < 4.78 is 0. The van der Waals surface area contributed by atoms with Gasteiger partial charge < -0.3 is 31.8 Å². The Kier molecular flexibility index (Phi) is 147. The van der Waals surface area contributed by atoms with E-state index in [1.807, 2.05) is 0 Å². The van der Waals surface area contributed by atoms with E-state index in [0.29, 0.717) is 0 Å². The van der Waals surface area contributed by atoms with E-state index in [-0.39, 0.29) is 46.0 Å². The molecular formula is H6NNaO6. The average molecular weight is 139 g/mol. The van der Waals surface area contributed by atoms with Crippen molar-refractivity contribution in [3.8, 4) is 0 Å². The van der Waals surface area contributed by atoms with Crippen molar-refractivity contribution < 1.29 is 51.1 Å². The molecule has 8 heavy (non-hydrogen) atoms. The molecule has 0 spiro atoms. The molecule has 0 atom stereocenters. The molecular weight excluding hydrogens is 133 g/mol. The smallest absolute Gasteiger partial charge is 0.412 e. The van der Waals surface area contributed by atoms with Gasteiger partial charge in [-0.3, -0.25) is 0 Å². The molecule has 0 bridgehead atoms. The minimum atomic E-state index is -1.75. The summed E-state index contributed by atoms with van der Waals surface area (Å²) in [5.41, 5.74) is 0. The van der Waals surface area contributed by atoms with Crippen LogP contribution in [0.4, 0.5) is 0 Å². The molecule has 0 aliphatic rings. The second kappa shape index (κ2) is 27.6. The first-order valence-corrected chi connectivity index (χ1v) is 0.548. The number of rotatable bonds is 0. The van der Waals surface area contributed by atoms with E-state index in [2.05, 4.69) is 0 Å². The van der Waals surface area contributed by atoms with Crippen molar-refractivity contribution in [1.82, 2.24) is 0 Å². The van der Waals surface area contributed by atoms with Crippen LogP contribution in [-0.4, -0.2) is 21.5 Å². The molecule has 0 unspecified atom stereocenters. The van der Waals surface area contributed by atoms with E-state index in [9.17, 15) is 0 Å². The molecule has 0 rings (SSSR count). The zero-order chi connectivity index (χ0) is 3.58. The normalized spacial score (nSPS) is 3.00. The van der Waals surface area contributed by atoms with Crippen LogP contribution in [0, 0.1) is 15.3 Å². The van der Waals surface area contributed by atoms with Gasteiger partial charge in [-0.25, -0.2) is 0 Å². The molecule has 0 heterocycles. The average Bonchev–Trinajstić information content (AvgIpc) is 0.811. The van der Waals surface area contributed by atoms with Crippen LogP contribution in [0.25, 0.3) is 0 Å². The summed E-state index contributed by atoms with van der Waals surface area (Å²) >= 11 is 0. The van der Waals surface area contributed by atoms with Gasteiger partial charge in [0.25, 0.3) is 0 Å². The molecule has 48 valence electrons. The van der Waals surface area contributed by atoms with Gasteiger partial charge in [0.05, 0.1) is 5.09 Å². The molecule has 6 N–H and O–H groups in total. The fraction of sp³-hybridized carbons (Fsp3) is 0. The summed E-state index contributed by atoms with van der Waals surface area (Å²) in [6, 6.07) is 0. The van der Waals surface area contributed by atoms with E-state index in [0.717, 1.165) is 0 Å². The van der Waals surface area contributed by atoms with Crippen molar-refractivity contribution in [2.45, 2.75) is 0 Å². The first-order valence-electron chi connectivity index (χ1n) is 0.548. The summed E-state index contributed by atoms with van der Waals surface area (Å²) in [6.45, 7) is 0. The topological polar surface area (TPSA) is 161 Å². The van der Waals surface area contributed by atoms with Crippen LogP contribution in [0.1, 0.15) is 0 Å². The van der Waals surface area contributed by atoms with Crippen molar-refractivity contribution in [3.05, 3.63) is 15.3 Å². The molecule has 0 aromatic rings. The van der Waals surface area contributed by atoms with Gasteiger partial charge in [-0.15, -0.1) is 0 Å². The van der Waals surface area contributed by atoms with Crippen LogP contribution in [0.2, 0.25) is 0 Å². The molecule has 0 saturated carbocycles. The summed E-state index contributed by atoms with van der Waals surface area (Å²) in [5, 5.41) is 14.8. The zero-order valence-electron chi connectivity index (χ0n) is 4.17. The van der Waals surface area contributed by atoms with E-state index in [1.54, 1.807) is 0 Å². The van der Waals surface area contributed by atoms with Crippen molar-refractivity contribution in [2.24, 2.45) is 0 Å². The summed E-state index contributed by atoms with van der Waals surface area (Å²) in [4.78, 5) is 8.25. The van der Waals surface area contributed by atoms with Gasteiger partial charge in [0, 0.05) is 0 Å². The van der Waals surface area contributed by atoms with Crippen LogP contribution in [-0.2, 0) is 0 Å². The predicted octanol–water partition coefficient (Wildman–Crippen LogP) is -5.71. The van der Waals surface area contributed by atoms with Gasteiger partial charge in [-0.2, -0.15) is 0 Å². The molecule has 8 heteroatoms. The first-order chi connectivity index (χ1) is 1.73. The van der Waals surface area contributed by atoms with E-state index in [1.165, 1.54) is 0 Å². The maximum atomic E-state index is 8.25. The Balaban J connectivity index is -0.00000000750. The monoisotopic (exact) mass is 139 g/mol. The Morgan fingerprint density at radius 1 is 1.00 bits per heavy atom. The quantitative estimate of drug-likeness (QED) is 0.186. The maximum absolute atomic E-state index is 8.25. The van der Waals surface area contributed by atoms with Gasteiger partial charge in [0.1, 0.15) is 0 Å². The summed E-state index contributed by atoms with van der Waals surface area (Å²) in [6.07, 6.45) is 0. The van der Waals surface area contributed by atoms with Crippen molar-refractivity contribution >= 4 is 0 Å². The second-order valence-electron chi connectivity index (χ2n) is 0.224. The standard InChI is InChI=1S/NO3.Na.3H2O/c2-1(3)4;;;;/h;;3*1H2/q-1;+1;;;. The van der Waals surface area contributed by atoms with Crippen LogP contribution >= 0.6 is 0 Å². The Morgan fingerprint density at radius 3 is 1.00 bits per heavy atom. The molecule has 0 fully saturated rings. The first kappa shape index (κ1) is 42.7. The van der Waals surface area contributed by atoms with Gasteiger partial charge in [-0.1, -0.05) is 0 Å². The minimum absolute atomic E-state index is 0. The Hall–Kier alpha value is 0.0800. The second-order valence-corrected chi connectivity index (χ2v) is 0.224. The summed E-state index contributed by atoms with van der Waals surface area (Å²) in [7, 11) is 0. The van der Waals surface area contributed by atoms with E-state index in [4.69, 9.17) is 15.3 Å². The predicted molar refractivity (Wildman–Crippen MR) is 21.2 cm³/mol. The zero-order valence-corrected chi connectivity index (χ0v) is 6.17. The van der Waals surface area contributed by atoms with Gasteiger partial charge in [0.15, 0.2) is 0 Å². The Bertz CT molecular complexity index is 31.5. The summed E-state index contributed by atoms with van der Waals surface area (Å²) in [5.74, 6) is 0. The molecule has 0 radical (unpaired) electrons. The maximum Gasteiger partial charge on any atom is 1.00 e. The number of hydrogen-bond acceptors (Lipinski definition) is 3. The molecule has 0 amide bonds. The largest absolute Gasteiger partial charge is 1.00 e. The van der Waals surface area contributed by atoms with Crippen LogP contribution in [0.5, 0.6) is 0 Å². The SMILES string of the molecule is O.O.O.O=[N+]([O-])[O-].[Na+]. The van der Waals surface area contributed by atoms with Crippen molar-refractivity contribution in [2.75, 3.05) is 0 Å². The van der Waals surface area contributed by atoms with Crippen molar-refractivity contribution in [3.63, 3.8) is 0 Å². The number of nitrogens with zero attached hydrogens (tertiary/aromatic N) is 1. The molecule has 0 saturated heterocycles. The molecule has 0 aromatic heterocycles. The Labute approximate surface area is 66.6 Å². The third-order valence-corrected chi connectivity index (χ3v) is 0. The molecule has 0 aliphatic carbocycles. The van der Waals surface area contributed by atoms with Crippen LogP contribution in [0.15, 0.2) is 0 Å². The molecule has 0 aliphatic heterocycles. The Morgan fingerprint density at radius 2 is 1.00 bits per heavy atom.